The number of carbonyl (C=O) groups excluding carboxylic acids is 1. The average molecular weight is 252 g/mol. The standard InChI is InChI=1S/C18H20O/c1-2-12-4-6-16-14(7-12)10-18(11-17(16)19)9-13-3-5-15(18)8-13/h3-4,6-7,15H,2,5,8-11H2,1H3. The van der Waals surface area contributed by atoms with Crippen molar-refractivity contribution in [3.8, 4) is 0 Å². The molecule has 2 bridgehead atoms. The summed E-state index contributed by atoms with van der Waals surface area (Å²) in [5, 5.41) is 0. The van der Waals surface area contributed by atoms with Crippen molar-refractivity contribution in [1.29, 1.82) is 0 Å². The van der Waals surface area contributed by atoms with Crippen LogP contribution >= 0.6 is 0 Å². The lowest BCUT2D eigenvalue weighted by molar-refractivity contribution is 0.0824. The molecule has 19 heavy (non-hydrogen) atoms. The second-order valence-electron chi connectivity index (χ2n) is 6.66. The minimum atomic E-state index is 0.278. The second kappa shape index (κ2) is 3.82. The van der Waals surface area contributed by atoms with Gasteiger partial charge in [0.05, 0.1) is 0 Å². The number of carbonyl (C=O) groups is 1. The van der Waals surface area contributed by atoms with Crippen molar-refractivity contribution >= 4 is 5.78 Å². The number of benzene rings is 1. The molecular weight excluding hydrogens is 232 g/mol. The fourth-order valence-corrected chi connectivity index (χ4v) is 4.56. The normalized spacial score (nSPS) is 31.7. The molecule has 1 aromatic carbocycles. The Bertz CT molecular complexity index is 596. The predicted molar refractivity (Wildman–Crippen MR) is 76.3 cm³/mol. The molecule has 1 fully saturated rings. The van der Waals surface area contributed by atoms with Gasteiger partial charge in [-0.1, -0.05) is 36.8 Å². The Morgan fingerprint density at radius 3 is 2.84 bits per heavy atom. The van der Waals surface area contributed by atoms with E-state index in [-0.39, 0.29) is 5.41 Å². The monoisotopic (exact) mass is 252 g/mol. The van der Waals surface area contributed by atoms with E-state index in [1.165, 1.54) is 30.4 Å². The van der Waals surface area contributed by atoms with Crippen LogP contribution in [0.15, 0.2) is 29.8 Å². The molecule has 3 aliphatic rings. The molecule has 2 unspecified atom stereocenters. The summed E-state index contributed by atoms with van der Waals surface area (Å²) in [6, 6.07) is 6.47. The Morgan fingerprint density at radius 1 is 1.26 bits per heavy atom. The number of aryl methyl sites for hydroxylation is 1. The third kappa shape index (κ3) is 1.57. The van der Waals surface area contributed by atoms with Crippen molar-refractivity contribution in [2.24, 2.45) is 11.3 Å². The minimum absolute atomic E-state index is 0.278. The van der Waals surface area contributed by atoms with E-state index in [1.807, 2.05) is 0 Å². The molecule has 0 amide bonds. The SMILES string of the molecule is CCc1ccc2c(c1)CC1(CC2=O)CC2=CCC1C2. The van der Waals surface area contributed by atoms with Crippen LogP contribution in [0.1, 0.15) is 54.1 Å². The van der Waals surface area contributed by atoms with Gasteiger partial charge < -0.3 is 0 Å². The molecule has 0 N–H and O–H groups in total. The summed E-state index contributed by atoms with van der Waals surface area (Å²) in [5.41, 5.74) is 5.59. The average Bonchev–Trinajstić information content (AvgIpc) is 2.98. The van der Waals surface area contributed by atoms with Crippen molar-refractivity contribution in [2.45, 2.75) is 45.4 Å². The molecule has 0 aromatic heterocycles. The van der Waals surface area contributed by atoms with E-state index in [2.05, 4.69) is 31.2 Å². The van der Waals surface area contributed by atoms with Crippen LogP contribution in [0.4, 0.5) is 0 Å². The lowest BCUT2D eigenvalue weighted by Crippen LogP contribution is -2.36. The maximum absolute atomic E-state index is 12.5. The lowest BCUT2D eigenvalue weighted by Gasteiger charge is -2.39. The Labute approximate surface area is 114 Å². The van der Waals surface area contributed by atoms with Gasteiger partial charge >= 0.3 is 0 Å². The van der Waals surface area contributed by atoms with Crippen LogP contribution in [0.5, 0.6) is 0 Å². The minimum Gasteiger partial charge on any atom is -0.294 e. The highest BCUT2D eigenvalue weighted by Crippen LogP contribution is 2.58. The van der Waals surface area contributed by atoms with Gasteiger partial charge in [0.15, 0.2) is 5.78 Å². The van der Waals surface area contributed by atoms with Gasteiger partial charge in [0.25, 0.3) is 0 Å². The van der Waals surface area contributed by atoms with E-state index in [9.17, 15) is 4.79 Å². The van der Waals surface area contributed by atoms with Crippen LogP contribution in [0.25, 0.3) is 0 Å². The molecule has 1 nitrogen and oxygen atoms in total. The number of Topliss-reactive ketones (excluding diaryl/α,β-unsaturated/α-hetero) is 1. The fraction of sp³-hybridized carbons (Fsp3) is 0.500. The zero-order valence-corrected chi connectivity index (χ0v) is 11.5. The Kier molecular flexibility index (Phi) is 2.30. The van der Waals surface area contributed by atoms with Gasteiger partial charge in [0.2, 0.25) is 0 Å². The number of fused-ring (bicyclic) bond motifs is 4. The predicted octanol–water partition coefficient (Wildman–Crippen LogP) is 4.10. The molecule has 1 aromatic rings. The highest BCUT2D eigenvalue weighted by Gasteiger charge is 2.50. The van der Waals surface area contributed by atoms with Gasteiger partial charge in [0.1, 0.15) is 0 Å². The molecule has 2 atom stereocenters. The topological polar surface area (TPSA) is 17.1 Å². The van der Waals surface area contributed by atoms with Crippen LogP contribution in [0.2, 0.25) is 0 Å². The fourth-order valence-electron chi connectivity index (χ4n) is 4.56. The van der Waals surface area contributed by atoms with Crippen molar-refractivity contribution in [2.75, 3.05) is 0 Å². The highest BCUT2D eigenvalue weighted by atomic mass is 16.1. The quantitative estimate of drug-likeness (QED) is 0.688. The van der Waals surface area contributed by atoms with Crippen molar-refractivity contribution < 1.29 is 4.79 Å². The molecule has 0 aliphatic heterocycles. The Hall–Kier alpha value is -1.37. The van der Waals surface area contributed by atoms with E-state index < -0.39 is 0 Å². The molecule has 1 heteroatoms. The summed E-state index contributed by atoms with van der Waals surface area (Å²) in [7, 11) is 0. The smallest absolute Gasteiger partial charge is 0.163 e. The maximum atomic E-state index is 12.5. The van der Waals surface area contributed by atoms with Crippen molar-refractivity contribution in [1.82, 2.24) is 0 Å². The maximum Gasteiger partial charge on any atom is 0.163 e. The molecule has 1 spiro atoms. The summed E-state index contributed by atoms with van der Waals surface area (Å²) in [5.74, 6) is 1.13. The number of hydrogen-bond donors (Lipinski definition) is 0. The molecule has 0 heterocycles. The van der Waals surface area contributed by atoms with Gasteiger partial charge in [-0.25, -0.2) is 0 Å². The van der Waals surface area contributed by atoms with Crippen LogP contribution in [-0.4, -0.2) is 5.78 Å². The van der Waals surface area contributed by atoms with Gasteiger partial charge in [-0.15, -0.1) is 0 Å². The third-order valence-corrected chi connectivity index (χ3v) is 5.58. The molecule has 4 rings (SSSR count). The zero-order valence-electron chi connectivity index (χ0n) is 11.5. The van der Waals surface area contributed by atoms with Gasteiger partial charge in [-0.3, -0.25) is 4.79 Å². The lowest BCUT2D eigenvalue weighted by atomic mass is 9.63. The van der Waals surface area contributed by atoms with Gasteiger partial charge in [0, 0.05) is 12.0 Å². The molecule has 3 aliphatic carbocycles. The van der Waals surface area contributed by atoms with Crippen molar-refractivity contribution in [3.63, 3.8) is 0 Å². The molecule has 98 valence electrons. The number of rotatable bonds is 1. The number of hydrogen-bond acceptors (Lipinski definition) is 1. The van der Waals surface area contributed by atoms with E-state index in [0.29, 0.717) is 5.78 Å². The highest BCUT2D eigenvalue weighted by molar-refractivity contribution is 5.99. The molecular formula is C18H20O. The summed E-state index contributed by atoms with van der Waals surface area (Å²) >= 11 is 0. The van der Waals surface area contributed by atoms with Crippen LogP contribution in [-0.2, 0) is 12.8 Å². The summed E-state index contributed by atoms with van der Waals surface area (Å²) in [4.78, 5) is 12.5. The van der Waals surface area contributed by atoms with E-state index in [1.54, 1.807) is 5.57 Å². The third-order valence-electron chi connectivity index (χ3n) is 5.58. The van der Waals surface area contributed by atoms with E-state index in [0.717, 1.165) is 30.7 Å². The first kappa shape index (κ1) is 11.5. The summed E-state index contributed by atoms with van der Waals surface area (Å²) < 4.78 is 0. The van der Waals surface area contributed by atoms with E-state index in [4.69, 9.17) is 0 Å². The summed E-state index contributed by atoms with van der Waals surface area (Å²) in [6.45, 7) is 2.19. The molecule has 1 saturated carbocycles. The Morgan fingerprint density at radius 2 is 2.16 bits per heavy atom. The largest absolute Gasteiger partial charge is 0.294 e. The molecule has 0 saturated heterocycles. The second-order valence-corrected chi connectivity index (χ2v) is 6.66. The molecule has 0 radical (unpaired) electrons. The van der Waals surface area contributed by atoms with E-state index >= 15 is 0 Å². The Balaban J connectivity index is 1.77. The van der Waals surface area contributed by atoms with Crippen LogP contribution in [0.3, 0.4) is 0 Å². The van der Waals surface area contributed by atoms with Crippen molar-refractivity contribution in [3.05, 3.63) is 46.5 Å². The number of allylic oxidation sites excluding steroid dienone is 2. The summed E-state index contributed by atoms with van der Waals surface area (Å²) in [6.07, 6.45) is 9.04. The van der Waals surface area contributed by atoms with Crippen LogP contribution < -0.4 is 0 Å². The first-order chi connectivity index (χ1) is 9.20. The van der Waals surface area contributed by atoms with Crippen LogP contribution in [0, 0.1) is 11.3 Å². The first-order valence-corrected chi connectivity index (χ1v) is 7.53. The number of ketones is 1. The first-order valence-electron chi connectivity index (χ1n) is 7.53. The van der Waals surface area contributed by atoms with Gasteiger partial charge in [-0.2, -0.15) is 0 Å². The zero-order chi connectivity index (χ0) is 13.0. The van der Waals surface area contributed by atoms with Gasteiger partial charge in [-0.05, 0) is 54.6 Å².